The number of likely N-dealkylation sites (N-methyl/N-ethyl adjacent to an activating group) is 1. The maximum absolute atomic E-state index is 13.1. The number of para-hydroxylation sites is 1. The Morgan fingerprint density at radius 3 is 2.71 bits per heavy atom. The molecular formula is C23H25FN4O2S. The number of rotatable bonds is 7. The predicted molar refractivity (Wildman–Crippen MR) is 122 cm³/mol. The molecule has 8 heteroatoms. The number of halogens is 1. The van der Waals surface area contributed by atoms with Gasteiger partial charge >= 0.3 is 0 Å². The third-order valence-corrected chi connectivity index (χ3v) is 5.85. The standard InChI is InChI=1S/C23H25FN4O2S/c1-27(14-18-4-2-3-5-21(18)28-10-12-30-13-11-28)15-22(29)26-23-25-20(16-31-23)17-6-8-19(24)9-7-17/h2-9,16H,10-15H2,1H3,(H,25,26,29). The van der Waals surface area contributed by atoms with E-state index < -0.39 is 0 Å². The number of ether oxygens (including phenoxy) is 1. The molecule has 1 aromatic heterocycles. The van der Waals surface area contributed by atoms with Crippen LogP contribution in [0.15, 0.2) is 53.9 Å². The zero-order chi connectivity index (χ0) is 21.6. The van der Waals surface area contributed by atoms with Crippen molar-refractivity contribution in [1.29, 1.82) is 0 Å². The molecule has 0 aliphatic carbocycles. The Morgan fingerprint density at radius 2 is 1.94 bits per heavy atom. The fraction of sp³-hybridized carbons (Fsp3) is 0.304. The third-order valence-electron chi connectivity index (χ3n) is 5.09. The lowest BCUT2D eigenvalue weighted by Crippen LogP contribution is -2.37. The van der Waals surface area contributed by atoms with Gasteiger partial charge in [-0.1, -0.05) is 18.2 Å². The van der Waals surface area contributed by atoms with Crippen molar-refractivity contribution in [3.63, 3.8) is 0 Å². The number of benzene rings is 2. The molecule has 0 saturated carbocycles. The number of amides is 1. The van der Waals surface area contributed by atoms with Crippen LogP contribution >= 0.6 is 11.3 Å². The molecule has 1 amide bonds. The molecule has 1 fully saturated rings. The maximum Gasteiger partial charge on any atom is 0.240 e. The molecule has 6 nitrogen and oxygen atoms in total. The van der Waals surface area contributed by atoms with Crippen LogP contribution in [0.4, 0.5) is 15.2 Å². The summed E-state index contributed by atoms with van der Waals surface area (Å²) in [6.45, 7) is 4.15. The smallest absolute Gasteiger partial charge is 0.240 e. The lowest BCUT2D eigenvalue weighted by atomic mass is 10.1. The Kier molecular flexibility index (Phi) is 6.91. The summed E-state index contributed by atoms with van der Waals surface area (Å²) < 4.78 is 18.6. The second-order valence-electron chi connectivity index (χ2n) is 7.49. The van der Waals surface area contributed by atoms with Crippen molar-refractivity contribution in [2.75, 3.05) is 50.1 Å². The van der Waals surface area contributed by atoms with Gasteiger partial charge in [-0.25, -0.2) is 9.37 Å². The van der Waals surface area contributed by atoms with E-state index in [0.717, 1.165) is 31.9 Å². The summed E-state index contributed by atoms with van der Waals surface area (Å²) in [7, 11) is 1.93. The minimum Gasteiger partial charge on any atom is -0.378 e. The zero-order valence-corrected chi connectivity index (χ0v) is 18.2. The lowest BCUT2D eigenvalue weighted by molar-refractivity contribution is -0.117. The average molecular weight is 441 g/mol. The van der Waals surface area contributed by atoms with E-state index in [-0.39, 0.29) is 18.3 Å². The van der Waals surface area contributed by atoms with Crippen LogP contribution in [0.1, 0.15) is 5.56 Å². The first-order valence-electron chi connectivity index (χ1n) is 10.2. The quantitative estimate of drug-likeness (QED) is 0.605. The highest BCUT2D eigenvalue weighted by Crippen LogP contribution is 2.25. The molecule has 2 heterocycles. The van der Waals surface area contributed by atoms with Gasteiger partial charge < -0.3 is 15.0 Å². The number of carbonyl (C=O) groups is 1. The summed E-state index contributed by atoms with van der Waals surface area (Å²) in [6, 6.07) is 14.5. The van der Waals surface area contributed by atoms with Crippen molar-refractivity contribution in [3.8, 4) is 11.3 Å². The van der Waals surface area contributed by atoms with E-state index in [2.05, 4.69) is 27.3 Å². The molecule has 1 aliphatic rings. The van der Waals surface area contributed by atoms with Gasteiger partial charge in [0.2, 0.25) is 5.91 Å². The summed E-state index contributed by atoms with van der Waals surface area (Å²) in [5.41, 5.74) is 3.91. The van der Waals surface area contributed by atoms with Crippen molar-refractivity contribution in [2.24, 2.45) is 0 Å². The van der Waals surface area contributed by atoms with Crippen molar-refractivity contribution in [3.05, 3.63) is 65.3 Å². The van der Waals surface area contributed by atoms with Crippen molar-refractivity contribution in [2.45, 2.75) is 6.54 Å². The van der Waals surface area contributed by atoms with Crippen LogP contribution in [-0.4, -0.2) is 55.7 Å². The molecule has 0 bridgehead atoms. The van der Waals surface area contributed by atoms with Crippen LogP contribution in [0.2, 0.25) is 0 Å². The first kappa shape index (κ1) is 21.4. The molecule has 2 aromatic carbocycles. The molecule has 31 heavy (non-hydrogen) atoms. The summed E-state index contributed by atoms with van der Waals surface area (Å²) in [6.07, 6.45) is 0. The molecule has 0 spiro atoms. The van der Waals surface area contributed by atoms with Gasteiger partial charge in [-0.3, -0.25) is 9.69 Å². The van der Waals surface area contributed by atoms with Gasteiger partial charge in [-0.2, -0.15) is 0 Å². The minimum absolute atomic E-state index is 0.119. The molecule has 0 radical (unpaired) electrons. The highest BCUT2D eigenvalue weighted by molar-refractivity contribution is 7.14. The normalized spacial score (nSPS) is 14.1. The van der Waals surface area contributed by atoms with Gasteiger partial charge in [0.25, 0.3) is 0 Å². The summed E-state index contributed by atoms with van der Waals surface area (Å²) >= 11 is 1.36. The van der Waals surface area contributed by atoms with Crippen molar-refractivity contribution in [1.82, 2.24) is 9.88 Å². The monoisotopic (exact) mass is 440 g/mol. The first-order valence-corrected chi connectivity index (χ1v) is 11.1. The summed E-state index contributed by atoms with van der Waals surface area (Å²) in [5.74, 6) is -0.405. The zero-order valence-electron chi connectivity index (χ0n) is 17.4. The molecule has 0 atom stereocenters. The summed E-state index contributed by atoms with van der Waals surface area (Å²) in [5, 5.41) is 5.25. The fourth-order valence-electron chi connectivity index (χ4n) is 3.59. The van der Waals surface area contributed by atoms with E-state index in [1.54, 1.807) is 12.1 Å². The molecule has 4 rings (SSSR count). The van der Waals surface area contributed by atoms with E-state index in [4.69, 9.17) is 4.74 Å². The Morgan fingerprint density at radius 1 is 1.19 bits per heavy atom. The Bertz CT molecular complexity index is 1020. The Balaban J connectivity index is 1.34. The van der Waals surface area contributed by atoms with Gasteiger partial charge in [-0.05, 0) is 42.9 Å². The van der Waals surface area contributed by atoms with Crippen LogP contribution in [0.5, 0.6) is 0 Å². The van der Waals surface area contributed by atoms with E-state index >= 15 is 0 Å². The van der Waals surface area contributed by atoms with Crippen LogP contribution in [-0.2, 0) is 16.1 Å². The predicted octanol–water partition coefficient (Wildman–Crippen LogP) is 3.86. The number of nitrogens with one attached hydrogen (secondary N) is 1. The van der Waals surface area contributed by atoms with E-state index in [1.165, 1.54) is 34.7 Å². The number of morpholine rings is 1. The van der Waals surface area contributed by atoms with Gasteiger partial charge in [-0.15, -0.1) is 11.3 Å². The number of aromatic nitrogens is 1. The molecule has 1 N–H and O–H groups in total. The number of hydrogen-bond acceptors (Lipinski definition) is 6. The molecule has 1 aliphatic heterocycles. The van der Waals surface area contributed by atoms with Gasteiger partial charge in [0.05, 0.1) is 25.5 Å². The van der Waals surface area contributed by atoms with E-state index in [0.29, 0.717) is 17.4 Å². The summed E-state index contributed by atoms with van der Waals surface area (Å²) in [4.78, 5) is 21.3. The number of thiazole rings is 1. The van der Waals surface area contributed by atoms with Crippen LogP contribution in [0.3, 0.4) is 0 Å². The number of anilines is 2. The number of hydrogen-bond donors (Lipinski definition) is 1. The van der Waals surface area contributed by atoms with Crippen LogP contribution in [0.25, 0.3) is 11.3 Å². The molecule has 1 saturated heterocycles. The van der Waals surface area contributed by atoms with Gasteiger partial charge in [0, 0.05) is 36.3 Å². The third kappa shape index (κ3) is 5.66. The second kappa shape index (κ2) is 10.00. The average Bonchev–Trinajstić information content (AvgIpc) is 3.23. The topological polar surface area (TPSA) is 57.7 Å². The maximum atomic E-state index is 13.1. The van der Waals surface area contributed by atoms with E-state index in [1.807, 2.05) is 29.5 Å². The van der Waals surface area contributed by atoms with Gasteiger partial charge in [0.15, 0.2) is 5.13 Å². The number of carbonyl (C=O) groups excluding carboxylic acids is 1. The lowest BCUT2D eigenvalue weighted by Gasteiger charge is -2.31. The second-order valence-corrected chi connectivity index (χ2v) is 8.35. The SMILES string of the molecule is CN(CC(=O)Nc1nc(-c2ccc(F)cc2)cs1)Cc1ccccc1N1CCOCC1. The highest BCUT2D eigenvalue weighted by Gasteiger charge is 2.16. The van der Waals surface area contributed by atoms with Crippen molar-refractivity contribution >= 4 is 28.1 Å². The van der Waals surface area contributed by atoms with Crippen molar-refractivity contribution < 1.29 is 13.9 Å². The molecule has 162 valence electrons. The molecule has 0 unspecified atom stereocenters. The van der Waals surface area contributed by atoms with E-state index in [9.17, 15) is 9.18 Å². The minimum atomic E-state index is -0.286. The Labute approximate surface area is 185 Å². The first-order chi connectivity index (χ1) is 15.1. The van der Waals surface area contributed by atoms with Gasteiger partial charge in [0.1, 0.15) is 5.82 Å². The highest BCUT2D eigenvalue weighted by atomic mass is 32.1. The molecular weight excluding hydrogens is 415 g/mol. The Hall–Kier alpha value is -2.81. The fourth-order valence-corrected chi connectivity index (χ4v) is 4.33. The van der Waals surface area contributed by atoms with Crippen LogP contribution in [0, 0.1) is 5.82 Å². The molecule has 3 aromatic rings. The number of nitrogens with zero attached hydrogens (tertiary/aromatic N) is 3. The van der Waals surface area contributed by atoms with Crippen LogP contribution < -0.4 is 10.2 Å². The largest absolute Gasteiger partial charge is 0.378 e.